The van der Waals surface area contributed by atoms with Crippen LogP contribution in [0.15, 0.2) is 18.2 Å². The van der Waals surface area contributed by atoms with Crippen LogP contribution in [0.3, 0.4) is 0 Å². The van der Waals surface area contributed by atoms with Crippen molar-refractivity contribution in [3.63, 3.8) is 0 Å². The summed E-state index contributed by atoms with van der Waals surface area (Å²) in [5.41, 5.74) is 0.308. The van der Waals surface area contributed by atoms with Gasteiger partial charge in [-0.25, -0.2) is 0 Å². The molecule has 3 rings (SSSR count). The average Bonchev–Trinajstić information content (AvgIpc) is 3.04. The molecule has 0 heterocycles. The summed E-state index contributed by atoms with van der Waals surface area (Å²) in [7, 11) is 1.47. The number of nitro groups is 1. The van der Waals surface area contributed by atoms with Gasteiger partial charge in [-0.05, 0) is 37.2 Å². The fourth-order valence-corrected chi connectivity index (χ4v) is 3.07. The smallest absolute Gasteiger partial charge is 0.271 e. The quantitative estimate of drug-likeness (QED) is 0.677. The van der Waals surface area contributed by atoms with Gasteiger partial charge in [0.15, 0.2) is 0 Å². The number of carbonyl (C=O) groups is 1. The minimum atomic E-state index is -0.486. The molecule has 2 aliphatic rings. The van der Waals surface area contributed by atoms with E-state index in [1.165, 1.54) is 31.7 Å². The van der Waals surface area contributed by atoms with Crippen LogP contribution in [0.1, 0.15) is 19.3 Å². The summed E-state index contributed by atoms with van der Waals surface area (Å²) in [6, 6.07) is 4.20. The van der Waals surface area contributed by atoms with Crippen LogP contribution >= 0.6 is 0 Å². The van der Waals surface area contributed by atoms with Crippen molar-refractivity contribution in [1.82, 2.24) is 0 Å². The van der Waals surface area contributed by atoms with E-state index in [1.807, 2.05) is 0 Å². The molecule has 2 fully saturated rings. The molecule has 2 unspecified atom stereocenters. The van der Waals surface area contributed by atoms with Crippen LogP contribution in [0.25, 0.3) is 0 Å². The molecular weight excluding hydrogens is 260 g/mol. The van der Waals surface area contributed by atoms with Gasteiger partial charge in [0, 0.05) is 18.1 Å². The number of methoxy groups -OCH3 is 1. The van der Waals surface area contributed by atoms with Gasteiger partial charge >= 0.3 is 0 Å². The molecule has 106 valence electrons. The number of nitrogens with zero attached hydrogens (tertiary/aromatic N) is 1. The van der Waals surface area contributed by atoms with Gasteiger partial charge in [0.1, 0.15) is 5.75 Å². The molecule has 1 amide bonds. The highest BCUT2D eigenvalue weighted by molar-refractivity contribution is 5.94. The number of amides is 1. The van der Waals surface area contributed by atoms with Crippen molar-refractivity contribution in [3.8, 4) is 5.75 Å². The normalized spacial score (nSPS) is 26.8. The lowest BCUT2D eigenvalue weighted by molar-refractivity contribution is -0.384. The Morgan fingerprint density at radius 3 is 2.65 bits per heavy atom. The van der Waals surface area contributed by atoms with E-state index in [9.17, 15) is 14.9 Å². The van der Waals surface area contributed by atoms with E-state index < -0.39 is 4.92 Å². The fourth-order valence-electron chi connectivity index (χ4n) is 3.07. The zero-order valence-electron chi connectivity index (χ0n) is 11.2. The zero-order chi connectivity index (χ0) is 14.3. The van der Waals surface area contributed by atoms with Crippen molar-refractivity contribution in [2.75, 3.05) is 12.4 Å². The number of fused-ring (bicyclic) bond motifs is 1. The third-order valence-electron chi connectivity index (χ3n) is 4.27. The Kier molecular flexibility index (Phi) is 3.08. The first-order chi connectivity index (χ1) is 9.58. The molecule has 0 spiro atoms. The predicted molar refractivity (Wildman–Crippen MR) is 72.6 cm³/mol. The topological polar surface area (TPSA) is 81.5 Å². The Balaban J connectivity index is 1.76. The molecule has 2 atom stereocenters. The first kappa shape index (κ1) is 12.9. The van der Waals surface area contributed by atoms with Crippen LogP contribution in [-0.4, -0.2) is 17.9 Å². The molecule has 1 aromatic rings. The number of hydrogen-bond acceptors (Lipinski definition) is 4. The monoisotopic (exact) mass is 276 g/mol. The van der Waals surface area contributed by atoms with E-state index >= 15 is 0 Å². The number of benzene rings is 1. The van der Waals surface area contributed by atoms with E-state index in [4.69, 9.17) is 4.74 Å². The van der Waals surface area contributed by atoms with E-state index in [0.29, 0.717) is 11.4 Å². The third-order valence-corrected chi connectivity index (χ3v) is 4.27. The molecule has 0 aliphatic heterocycles. The van der Waals surface area contributed by atoms with Gasteiger partial charge in [0.05, 0.1) is 17.7 Å². The highest BCUT2D eigenvalue weighted by atomic mass is 16.6. The second kappa shape index (κ2) is 4.77. The van der Waals surface area contributed by atoms with Gasteiger partial charge in [0.2, 0.25) is 5.91 Å². The van der Waals surface area contributed by atoms with Gasteiger partial charge in [-0.3, -0.25) is 14.9 Å². The SMILES string of the molecule is COc1ccc([N+](=O)[O-])cc1NC(=O)C1CC2CC2C1. The van der Waals surface area contributed by atoms with Crippen molar-refractivity contribution in [2.24, 2.45) is 17.8 Å². The number of ether oxygens (including phenoxy) is 1. The van der Waals surface area contributed by atoms with E-state index in [-0.39, 0.29) is 17.5 Å². The summed E-state index contributed by atoms with van der Waals surface area (Å²) in [4.78, 5) is 22.5. The molecule has 2 saturated carbocycles. The second-order valence-corrected chi connectivity index (χ2v) is 5.56. The van der Waals surface area contributed by atoms with Crippen molar-refractivity contribution in [2.45, 2.75) is 19.3 Å². The third kappa shape index (κ3) is 2.33. The Labute approximate surface area is 116 Å². The van der Waals surface area contributed by atoms with Gasteiger partial charge in [-0.15, -0.1) is 0 Å². The second-order valence-electron chi connectivity index (χ2n) is 5.56. The van der Waals surface area contributed by atoms with Crippen molar-refractivity contribution in [1.29, 1.82) is 0 Å². The largest absolute Gasteiger partial charge is 0.495 e. The highest BCUT2D eigenvalue weighted by Gasteiger charge is 2.48. The van der Waals surface area contributed by atoms with Crippen molar-refractivity contribution < 1.29 is 14.5 Å². The van der Waals surface area contributed by atoms with Crippen molar-refractivity contribution in [3.05, 3.63) is 28.3 Å². The number of rotatable bonds is 4. The summed E-state index contributed by atoms with van der Waals surface area (Å²) in [5, 5.41) is 13.6. The molecule has 0 saturated heterocycles. The Morgan fingerprint density at radius 1 is 1.35 bits per heavy atom. The standard InChI is InChI=1S/C14H16N2O4/c1-20-13-3-2-11(16(18)19)7-12(13)15-14(17)10-5-8-4-9(8)6-10/h2-3,7-10H,4-6H2,1H3,(H,15,17). The van der Waals surface area contributed by atoms with Crippen LogP contribution in [0.2, 0.25) is 0 Å². The van der Waals surface area contributed by atoms with E-state index in [1.54, 1.807) is 0 Å². The average molecular weight is 276 g/mol. The number of carbonyl (C=O) groups excluding carboxylic acids is 1. The summed E-state index contributed by atoms with van der Waals surface area (Å²) >= 11 is 0. The minimum Gasteiger partial charge on any atom is -0.495 e. The fraction of sp³-hybridized carbons (Fsp3) is 0.500. The van der Waals surface area contributed by atoms with Gasteiger partial charge in [0.25, 0.3) is 5.69 Å². The lowest BCUT2D eigenvalue weighted by atomic mass is 10.0. The molecule has 2 aliphatic carbocycles. The predicted octanol–water partition coefficient (Wildman–Crippen LogP) is 2.59. The maximum absolute atomic E-state index is 12.2. The van der Waals surface area contributed by atoms with E-state index in [0.717, 1.165) is 24.7 Å². The molecule has 0 aromatic heterocycles. The van der Waals surface area contributed by atoms with E-state index in [2.05, 4.69) is 5.32 Å². The maximum Gasteiger partial charge on any atom is 0.271 e. The Bertz CT molecular complexity index is 562. The van der Waals surface area contributed by atoms with Crippen LogP contribution in [0, 0.1) is 27.9 Å². The molecule has 0 bridgehead atoms. The van der Waals surface area contributed by atoms with Gasteiger partial charge < -0.3 is 10.1 Å². The zero-order valence-corrected chi connectivity index (χ0v) is 11.2. The Morgan fingerprint density at radius 2 is 2.05 bits per heavy atom. The first-order valence-electron chi connectivity index (χ1n) is 6.71. The summed E-state index contributed by atoms with van der Waals surface area (Å²) < 4.78 is 5.14. The first-order valence-corrected chi connectivity index (χ1v) is 6.71. The summed E-state index contributed by atoms with van der Waals surface area (Å²) in [6.07, 6.45) is 3.13. The maximum atomic E-state index is 12.2. The number of nitrogens with one attached hydrogen (secondary N) is 1. The molecule has 6 heteroatoms. The lowest BCUT2D eigenvalue weighted by Gasteiger charge is -2.14. The summed E-state index contributed by atoms with van der Waals surface area (Å²) in [6.45, 7) is 0. The molecule has 1 N–H and O–H groups in total. The molecular formula is C14H16N2O4. The summed E-state index contributed by atoms with van der Waals surface area (Å²) in [5.74, 6) is 1.85. The molecule has 20 heavy (non-hydrogen) atoms. The minimum absolute atomic E-state index is 0.0303. The number of anilines is 1. The van der Waals surface area contributed by atoms with Crippen LogP contribution < -0.4 is 10.1 Å². The molecule has 1 aromatic carbocycles. The van der Waals surface area contributed by atoms with Crippen molar-refractivity contribution >= 4 is 17.3 Å². The number of nitro benzene ring substituents is 1. The van der Waals surface area contributed by atoms with Crippen LogP contribution in [0.4, 0.5) is 11.4 Å². The Hall–Kier alpha value is -2.11. The van der Waals surface area contributed by atoms with Crippen LogP contribution in [-0.2, 0) is 4.79 Å². The number of hydrogen-bond donors (Lipinski definition) is 1. The lowest BCUT2D eigenvalue weighted by Crippen LogP contribution is -2.22. The van der Waals surface area contributed by atoms with Gasteiger partial charge in [-0.1, -0.05) is 0 Å². The highest BCUT2D eigenvalue weighted by Crippen LogP contribution is 2.54. The number of non-ortho nitro benzene ring substituents is 1. The van der Waals surface area contributed by atoms with Crippen LogP contribution in [0.5, 0.6) is 5.75 Å². The van der Waals surface area contributed by atoms with Gasteiger partial charge in [-0.2, -0.15) is 0 Å². The molecule has 6 nitrogen and oxygen atoms in total. The molecule has 0 radical (unpaired) electrons.